The Bertz CT molecular complexity index is 166. The fraction of sp³-hybridized carbons (Fsp3) is 1.00. The van der Waals surface area contributed by atoms with E-state index in [0.717, 1.165) is 24.4 Å². The van der Waals surface area contributed by atoms with Crippen molar-refractivity contribution < 1.29 is 0 Å². The molecule has 2 unspecified atom stereocenters. The second-order valence-electron chi connectivity index (χ2n) is 5.30. The maximum Gasteiger partial charge on any atom is 0.0116 e. The van der Waals surface area contributed by atoms with Gasteiger partial charge >= 0.3 is 0 Å². The molecular formula is C13H28N2. The molecule has 1 rings (SSSR count). The highest BCUT2D eigenvalue weighted by Gasteiger charge is 2.25. The van der Waals surface area contributed by atoms with E-state index in [9.17, 15) is 0 Å². The second kappa shape index (κ2) is 6.49. The molecule has 0 aromatic rings. The average Bonchev–Trinajstić information content (AvgIpc) is 2.19. The lowest BCUT2D eigenvalue weighted by atomic mass is 9.91. The van der Waals surface area contributed by atoms with Crippen LogP contribution in [-0.2, 0) is 0 Å². The molecule has 0 amide bonds. The van der Waals surface area contributed by atoms with Crippen LogP contribution in [-0.4, -0.2) is 30.6 Å². The molecule has 0 saturated carbocycles. The largest absolute Gasteiger partial charge is 0.330 e. The predicted molar refractivity (Wildman–Crippen MR) is 66.9 cm³/mol. The van der Waals surface area contributed by atoms with Crippen molar-refractivity contribution in [2.24, 2.45) is 17.6 Å². The monoisotopic (exact) mass is 212 g/mol. The van der Waals surface area contributed by atoms with E-state index in [2.05, 4.69) is 25.7 Å². The highest BCUT2D eigenvalue weighted by molar-refractivity contribution is 4.80. The molecule has 2 atom stereocenters. The Labute approximate surface area is 95.2 Å². The Kier molecular flexibility index (Phi) is 5.62. The van der Waals surface area contributed by atoms with Crippen molar-refractivity contribution in [2.45, 2.75) is 52.5 Å². The summed E-state index contributed by atoms with van der Waals surface area (Å²) in [5, 5.41) is 0. The molecule has 2 heteroatoms. The first-order valence-corrected chi connectivity index (χ1v) is 6.63. The molecule has 1 fully saturated rings. The molecule has 2 N–H and O–H groups in total. The van der Waals surface area contributed by atoms with Crippen LogP contribution in [0.5, 0.6) is 0 Å². The van der Waals surface area contributed by atoms with Gasteiger partial charge in [0.05, 0.1) is 0 Å². The van der Waals surface area contributed by atoms with Gasteiger partial charge in [0.2, 0.25) is 0 Å². The molecule has 1 heterocycles. The molecule has 0 bridgehead atoms. The molecular weight excluding hydrogens is 184 g/mol. The Morgan fingerprint density at radius 2 is 2.13 bits per heavy atom. The molecule has 0 aromatic carbocycles. The summed E-state index contributed by atoms with van der Waals surface area (Å²) in [6.45, 7) is 10.5. The van der Waals surface area contributed by atoms with E-state index >= 15 is 0 Å². The van der Waals surface area contributed by atoms with Gasteiger partial charge in [0.25, 0.3) is 0 Å². The van der Waals surface area contributed by atoms with Gasteiger partial charge in [-0.25, -0.2) is 0 Å². The Morgan fingerprint density at radius 3 is 2.67 bits per heavy atom. The molecule has 2 nitrogen and oxygen atoms in total. The van der Waals surface area contributed by atoms with Crippen molar-refractivity contribution in [2.75, 3.05) is 19.6 Å². The summed E-state index contributed by atoms with van der Waals surface area (Å²) in [5.41, 5.74) is 5.65. The van der Waals surface area contributed by atoms with E-state index in [0.29, 0.717) is 0 Å². The van der Waals surface area contributed by atoms with Gasteiger partial charge < -0.3 is 5.73 Å². The van der Waals surface area contributed by atoms with Crippen molar-refractivity contribution >= 4 is 0 Å². The lowest BCUT2D eigenvalue weighted by molar-refractivity contribution is 0.0907. The zero-order chi connectivity index (χ0) is 11.3. The van der Waals surface area contributed by atoms with Crippen LogP contribution in [0.3, 0.4) is 0 Å². The zero-order valence-electron chi connectivity index (χ0n) is 10.7. The summed E-state index contributed by atoms with van der Waals surface area (Å²) in [5.74, 6) is 1.64. The van der Waals surface area contributed by atoms with Crippen LogP contribution < -0.4 is 5.73 Å². The first-order chi connectivity index (χ1) is 7.19. The Hall–Kier alpha value is -0.0800. The van der Waals surface area contributed by atoms with Gasteiger partial charge in [-0.3, -0.25) is 4.90 Å². The molecule has 1 aliphatic rings. The van der Waals surface area contributed by atoms with Gasteiger partial charge in [0.1, 0.15) is 0 Å². The first kappa shape index (κ1) is 13.0. The smallest absolute Gasteiger partial charge is 0.0116 e. The van der Waals surface area contributed by atoms with Crippen LogP contribution in [0.25, 0.3) is 0 Å². The summed E-state index contributed by atoms with van der Waals surface area (Å²) in [7, 11) is 0. The Morgan fingerprint density at radius 1 is 1.40 bits per heavy atom. The normalized spacial score (nSPS) is 25.8. The van der Waals surface area contributed by atoms with Crippen molar-refractivity contribution in [3.63, 3.8) is 0 Å². The lowest BCUT2D eigenvalue weighted by Gasteiger charge is -2.40. The van der Waals surface area contributed by atoms with Gasteiger partial charge in [-0.15, -0.1) is 0 Å². The average molecular weight is 212 g/mol. The van der Waals surface area contributed by atoms with Gasteiger partial charge in [0, 0.05) is 12.6 Å². The van der Waals surface area contributed by atoms with Gasteiger partial charge in [-0.2, -0.15) is 0 Å². The third kappa shape index (κ3) is 3.76. The summed E-state index contributed by atoms with van der Waals surface area (Å²) in [6, 6.07) is 0.783. The number of hydrogen-bond acceptors (Lipinski definition) is 2. The van der Waals surface area contributed by atoms with Crippen molar-refractivity contribution in [1.29, 1.82) is 0 Å². The molecule has 0 aliphatic carbocycles. The third-order valence-corrected chi connectivity index (χ3v) is 3.78. The maximum atomic E-state index is 5.65. The van der Waals surface area contributed by atoms with Crippen LogP contribution in [0.15, 0.2) is 0 Å². The van der Waals surface area contributed by atoms with Gasteiger partial charge in [-0.05, 0) is 50.6 Å². The van der Waals surface area contributed by atoms with Gasteiger partial charge in [-0.1, -0.05) is 20.8 Å². The van der Waals surface area contributed by atoms with E-state index in [1.165, 1.54) is 38.8 Å². The van der Waals surface area contributed by atoms with Crippen LogP contribution in [0.2, 0.25) is 0 Å². The lowest BCUT2D eigenvalue weighted by Crippen LogP contribution is -2.45. The minimum Gasteiger partial charge on any atom is -0.330 e. The topological polar surface area (TPSA) is 29.3 Å². The molecule has 15 heavy (non-hydrogen) atoms. The SMILES string of the molecule is CCC(C(C)C)N1CCCC(CCN)C1. The minimum atomic E-state index is 0.783. The van der Waals surface area contributed by atoms with E-state index in [-0.39, 0.29) is 0 Å². The molecule has 1 aliphatic heterocycles. The molecule has 90 valence electrons. The second-order valence-corrected chi connectivity index (χ2v) is 5.30. The van der Waals surface area contributed by atoms with E-state index < -0.39 is 0 Å². The van der Waals surface area contributed by atoms with Crippen molar-refractivity contribution in [3.8, 4) is 0 Å². The highest BCUT2D eigenvalue weighted by atomic mass is 15.2. The minimum absolute atomic E-state index is 0.783. The number of nitrogens with zero attached hydrogens (tertiary/aromatic N) is 1. The highest BCUT2D eigenvalue weighted by Crippen LogP contribution is 2.24. The Balaban J connectivity index is 2.46. The first-order valence-electron chi connectivity index (χ1n) is 6.63. The van der Waals surface area contributed by atoms with Crippen LogP contribution in [0.1, 0.15) is 46.5 Å². The zero-order valence-corrected chi connectivity index (χ0v) is 10.7. The third-order valence-electron chi connectivity index (χ3n) is 3.78. The van der Waals surface area contributed by atoms with Crippen molar-refractivity contribution in [3.05, 3.63) is 0 Å². The molecule has 1 saturated heterocycles. The number of likely N-dealkylation sites (tertiary alicyclic amines) is 1. The van der Waals surface area contributed by atoms with Crippen LogP contribution >= 0.6 is 0 Å². The predicted octanol–water partition coefficient (Wildman–Crippen LogP) is 2.48. The maximum absolute atomic E-state index is 5.65. The summed E-state index contributed by atoms with van der Waals surface area (Å²) in [6.07, 6.45) is 5.26. The molecule has 0 aromatic heterocycles. The van der Waals surface area contributed by atoms with E-state index in [1.807, 2.05) is 0 Å². The summed E-state index contributed by atoms with van der Waals surface area (Å²) >= 11 is 0. The molecule has 0 radical (unpaired) electrons. The number of nitrogens with two attached hydrogens (primary N) is 1. The van der Waals surface area contributed by atoms with Crippen LogP contribution in [0.4, 0.5) is 0 Å². The summed E-state index contributed by atoms with van der Waals surface area (Å²) < 4.78 is 0. The van der Waals surface area contributed by atoms with Crippen molar-refractivity contribution in [1.82, 2.24) is 4.90 Å². The van der Waals surface area contributed by atoms with E-state index in [1.54, 1.807) is 0 Å². The van der Waals surface area contributed by atoms with E-state index in [4.69, 9.17) is 5.73 Å². The number of hydrogen-bond donors (Lipinski definition) is 1. The fourth-order valence-corrected chi connectivity index (χ4v) is 3.02. The molecule has 0 spiro atoms. The number of rotatable bonds is 5. The van der Waals surface area contributed by atoms with Gasteiger partial charge in [0.15, 0.2) is 0 Å². The van der Waals surface area contributed by atoms with Crippen LogP contribution in [0, 0.1) is 11.8 Å². The quantitative estimate of drug-likeness (QED) is 0.758. The standard InChI is InChI=1S/C13H28N2/c1-4-13(11(2)3)15-9-5-6-12(10-15)7-8-14/h11-13H,4-10,14H2,1-3H3. The summed E-state index contributed by atoms with van der Waals surface area (Å²) in [4.78, 5) is 2.70. The fourth-order valence-electron chi connectivity index (χ4n) is 3.02. The number of piperidine rings is 1.